The summed E-state index contributed by atoms with van der Waals surface area (Å²) in [4.78, 5) is 2.16. The highest BCUT2D eigenvalue weighted by Gasteiger charge is 2.38. The molecule has 108 valence electrons. The van der Waals surface area contributed by atoms with Crippen molar-refractivity contribution >= 4 is 22.3 Å². The Balaban J connectivity index is 2.08. The van der Waals surface area contributed by atoms with E-state index in [-0.39, 0.29) is 5.60 Å². The van der Waals surface area contributed by atoms with Crippen LogP contribution < -0.4 is 9.64 Å². The van der Waals surface area contributed by atoms with Gasteiger partial charge < -0.3 is 9.64 Å². The minimum atomic E-state index is -0.286. The maximum Gasteiger partial charge on any atom is 0.133 e. The molecule has 2 aliphatic rings. The van der Waals surface area contributed by atoms with Gasteiger partial charge >= 0.3 is 0 Å². The largest absolute Gasteiger partial charge is 0.482 e. The lowest BCUT2D eigenvalue weighted by Crippen LogP contribution is -2.35. The summed E-state index contributed by atoms with van der Waals surface area (Å²) in [7, 11) is 0. The molecule has 0 radical (unpaired) electrons. The van der Waals surface area contributed by atoms with Crippen LogP contribution in [0, 0.1) is 5.41 Å². The van der Waals surface area contributed by atoms with Crippen molar-refractivity contribution in [2.24, 2.45) is 0 Å². The Morgan fingerprint density at radius 2 is 1.95 bits per heavy atom. The molecule has 1 N–H and O–H groups in total. The van der Waals surface area contributed by atoms with Crippen LogP contribution in [0.2, 0.25) is 0 Å². The van der Waals surface area contributed by atoms with Gasteiger partial charge in [0.2, 0.25) is 0 Å². The van der Waals surface area contributed by atoms with E-state index in [9.17, 15) is 0 Å². The summed E-state index contributed by atoms with van der Waals surface area (Å²) < 4.78 is 6.12. The average molecular weight is 280 g/mol. The third-order valence-electron chi connectivity index (χ3n) is 4.90. The monoisotopic (exact) mass is 280 g/mol. The van der Waals surface area contributed by atoms with Gasteiger partial charge in [-0.15, -0.1) is 0 Å². The fraction of sp³-hybridized carbons (Fsp3) is 0.389. The summed E-state index contributed by atoms with van der Waals surface area (Å²) in [6.45, 7) is 8.57. The van der Waals surface area contributed by atoms with Crippen molar-refractivity contribution < 1.29 is 4.74 Å². The molecule has 1 atom stereocenters. The highest BCUT2D eigenvalue weighted by Crippen LogP contribution is 2.51. The van der Waals surface area contributed by atoms with Gasteiger partial charge in [-0.2, -0.15) is 0 Å². The molecule has 0 spiro atoms. The summed E-state index contributed by atoms with van der Waals surface area (Å²) in [5, 5.41) is 11.0. The van der Waals surface area contributed by atoms with E-state index in [2.05, 4.69) is 56.9 Å². The number of nitrogens with one attached hydrogen (secondary N) is 1. The summed E-state index contributed by atoms with van der Waals surface area (Å²) in [6, 6.07) is 8.73. The molecule has 2 aromatic rings. The third-order valence-corrected chi connectivity index (χ3v) is 4.90. The quantitative estimate of drug-likeness (QED) is 0.884. The fourth-order valence-electron chi connectivity index (χ4n) is 3.65. The first-order chi connectivity index (χ1) is 9.95. The number of benzene rings is 2. The standard InChI is InChI=1S/C18H20N2O/c1-5-10(2)20-13-8-9-14-16-12(18(3,4)21-14)7-6-11(15(13)16)17(20)19/h6-10,19H,5H2,1-4H3. The molecule has 0 saturated carbocycles. The molecule has 0 saturated heterocycles. The second kappa shape index (κ2) is 3.79. The van der Waals surface area contributed by atoms with Crippen LogP contribution in [0.3, 0.4) is 0 Å². The zero-order valence-corrected chi connectivity index (χ0v) is 12.9. The van der Waals surface area contributed by atoms with Crippen molar-refractivity contribution in [2.45, 2.75) is 45.8 Å². The topological polar surface area (TPSA) is 36.3 Å². The second-order valence-electron chi connectivity index (χ2n) is 6.58. The lowest BCUT2D eigenvalue weighted by molar-refractivity contribution is 0.125. The minimum Gasteiger partial charge on any atom is -0.482 e. The molecule has 0 aliphatic carbocycles. The Morgan fingerprint density at radius 3 is 2.67 bits per heavy atom. The maximum absolute atomic E-state index is 8.56. The molecule has 3 nitrogen and oxygen atoms in total. The van der Waals surface area contributed by atoms with Gasteiger partial charge in [0.25, 0.3) is 0 Å². The number of ether oxygens (including phenoxy) is 1. The van der Waals surface area contributed by atoms with Crippen molar-refractivity contribution in [3.05, 3.63) is 35.4 Å². The van der Waals surface area contributed by atoms with Crippen LogP contribution >= 0.6 is 0 Å². The molecule has 2 heterocycles. The lowest BCUT2D eigenvalue weighted by Gasteiger charge is -2.26. The van der Waals surface area contributed by atoms with Crippen LogP contribution in [0.15, 0.2) is 24.3 Å². The molecule has 0 aromatic heterocycles. The van der Waals surface area contributed by atoms with E-state index in [1.54, 1.807) is 0 Å². The molecule has 21 heavy (non-hydrogen) atoms. The van der Waals surface area contributed by atoms with E-state index in [4.69, 9.17) is 10.1 Å². The molecule has 3 heteroatoms. The summed E-state index contributed by atoms with van der Waals surface area (Å²) in [5.41, 5.74) is 3.14. The smallest absolute Gasteiger partial charge is 0.133 e. The minimum absolute atomic E-state index is 0.286. The average Bonchev–Trinajstić information content (AvgIpc) is 2.89. The molecule has 4 rings (SSSR count). The zero-order chi connectivity index (χ0) is 14.9. The number of anilines is 1. The van der Waals surface area contributed by atoms with E-state index in [0.29, 0.717) is 11.9 Å². The highest BCUT2D eigenvalue weighted by atomic mass is 16.5. The van der Waals surface area contributed by atoms with Crippen molar-refractivity contribution in [3.63, 3.8) is 0 Å². The molecular weight excluding hydrogens is 260 g/mol. The van der Waals surface area contributed by atoms with Crippen LogP contribution in [0.1, 0.15) is 45.2 Å². The summed E-state index contributed by atoms with van der Waals surface area (Å²) >= 11 is 0. The van der Waals surface area contributed by atoms with Crippen molar-refractivity contribution in [2.75, 3.05) is 4.90 Å². The number of hydrogen-bond acceptors (Lipinski definition) is 2. The van der Waals surface area contributed by atoms with Crippen molar-refractivity contribution in [3.8, 4) is 5.75 Å². The van der Waals surface area contributed by atoms with Gasteiger partial charge in [0.1, 0.15) is 17.2 Å². The first-order valence-electron chi connectivity index (χ1n) is 7.63. The van der Waals surface area contributed by atoms with E-state index in [1.807, 2.05) is 0 Å². The van der Waals surface area contributed by atoms with E-state index < -0.39 is 0 Å². The van der Waals surface area contributed by atoms with Gasteiger partial charge in [-0.05, 0) is 39.3 Å². The van der Waals surface area contributed by atoms with E-state index in [1.165, 1.54) is 16.3 Å². The number of amidine groups is 1. The highest BCUT2D eigenvalue weighted by molar-refractivity contribution is 6.27. The first kappa shape index (κ1) is 12.7. The van der Waals surface area contributed by atoms with Crippen LogP contribution in [-0.4, -0.2) is 11.9 Å². The second-order valence-corrected chi connectivity index (χ2v) is 6.58. The van der Waals surface area contributed by atoms with E-state index >= 15 is 0 Å². The first-order valence-corrected chi connectivity index (χ1v) is 7.63. The van der Waals surface area contributed by atoms with Gasteiger partial charge in [-0.3, -0.25) is 5.41 Å². The van der Waals surface area contributed by atoms with Crippen LogP contribution in [0.5, 0.6) is 5.75 Å². The predicted molar refractivity (Wildman–Crippen MR) is 86.7 cm³/mol. The molecule has 1 unspecified atom stereocenters. The summed E-state index contributed by atoms with van der Waals surface area (Å²) in [6.07, 6.45) is 1.02. The van der Waals surface area contributed by atoms with Gasteiger partial charge in [0.05, 0.1) is 5.69 Å². The molecule has 0 amide bonds. The Bertz CT molecular complexity index is 791. The normalized spacial score (nSPS) is 19.2. The van der Waals surface area contributed by atoms with Gasteiger partial charge in [-0.1, -0.05) is 19.1 Å². The van der Waals surface area contributed by atoms with Crippen molar-refractivity contribution in [1.82, 2.24) is 0 Å². The number of nitrogens with zero attached hydrogens (tertiary/aromatic N) is 1. The lowest BCUT2D eigenvalue weighted by atomic mass is 9.93. The van der Waals surface area contributed by atoms with Crippen LogP contribution in [0.4, 0.5) is 5.69 Å². The molecule has 0 bridgehead atoms. The zero-order valence-electron chi connectivity index (χ0n) is 12.9. The van der Waals surface area contributed by atoms with Crippen molar-refractivity contribution in [1.29, 1.82) is 5.41 Å². The van der Waals surface area contributed by atoms with Gasteiger partial charge in [-0.25, -0.2) is 0 Å². The third kappa shape index (κ3) is 1.41. The fourth-order valence-corrected chi connectivity index (χ4v) is 3.65. The van der Waals surface area contributed by atoms with Crippen LogP contribution in [-0.2, 0) is 5.60 Å². The Morgan fingerprint density at radius 1 is 1.19 bits per heavy atom. The molecule has 0 fully saturated rings. The SMILES string of the molecule is CCC(C)N1C(=N)c2ccc3c4c(ccc1c24)OC3(C)C. The maximum atomic E-state index is 8.56. The predicted octanol–water partition coefficient (Wildman–Crippen LogP) is 4.41. The molecule has 2 aliphatic heterocycles. The summed E-state index contributed by atoms with van der Waals surface area (Å²) in [5.74, 6) is 1.57. The Kier molecular flexibility index (Phi) is 2.29. The molecule has 2 aromatic carbocycles. The number of hydrogen-bond donors (Lipinski definition) is 1. The van der Waals surface area contributed by atoms with Gasteiger partial charge in [0.15, 0.2) is 0 Å². The van der Waals surface area contributed by atoms with Gasteiger partial charge in [0, 0.05) is 27.9 Å². The van der Waals surface area contributed by atoms with Crippen LogP contribution in [0.25, 0.3) is 10.8 Å². The Labute approximate surface area is 125 Å². The Hall–Kier alpha value is -2.03. The number of rotatable bonds is 2. The van der Waals surface area contributed by atoms with E-state index in [0.717, 1.165) is 23.4 Å². The molecular formula is C18H20N2O.